The number of nitrogens with one attached hydrogen (secondary N) is 2. The molecule has 3 atom stereocenters. The van der Waals surface area contributed by atoms with Crippen molar-refractivity contribution >= 4 is 38.5 Å². The molecule has 2 aromatic heterocycles. The van der Waals surface area contributed by atoms with Crippen LogP contribution in [0.5, 0.6) is 0 Å². The van der Waals surface area contributed by atoms with Gasteiger partial charge in [-0.1, -0.05) is 44.5 Å². The number of Topliss-reactive ketones (excluding diaryl/α,β-unsaturated/α-hetero) is 1. The van der Waals surface area contributed by atoms with E-state index in [-0.39, 0.29) is 30.5 Å². The van der Waals surface area contributed by atoms with Gasteiger partial charge in [0.1, 0.15) is 6.04 Å². The first-order chi connectivity index (χ1) is 18.2. The first-order valence-electron chi connectivity index (χ1n) is 12.6. The van der Waals surface area contributed by atoms with Gasteiger partial charge in [0, 0.05) is 24.3 Å². The normalized spacial score (nSPS) is 18.4. The number of fused-ring (bicyclic) bond motifs is 1. The van der Waals surface area contributed by atoms with Gasteiger partial charge in [0.05, 0.1) is 23.7 Å². The van der Waals surface area contributed by atoms with Gasteiger partial charge in [0.15, 0.2) is 10.8 Å². The second-order valence-corrected chi connectivity index (χ2v) is 11.3. The van der Waals surface area contributed by atoms with E-state index in [2.05, 4.69) is 20.6 Å². The van der Waals surface area contributed by atoms with Crippen molar-refractivity contribution in [1.29, 1.82) is 0 Å². The number of rotatable bonds is 8. The lowest BCUT2D eigenvalue weighted by Crippen LogP contribution is -2.54. The number of hydrogen-bond acceptors (Lipinski definition) is 7. The SMILES string of the molecule is CC[C@@H](C)[C@H](NC(=O)c1cnc2ccccc2c1)C(=O)NC1CCCN(S(=O)(=O)c2ccccn2)CC1=O. The highest BCUT2D eigenvalue weighted by Gasteiger charge is 2.35. The van der Waals surface area contributed by atoms with E-state index in [0.29, 0.717) is 18.4 Å². The maximum absolute atomic E-state index is 13.3. The van der Waals surface area contributed by atoms with Crippen LogP contribution < -0.4 is 10.6 Å². The van der Waals surface area contributed by atoms with Gasteiger partial charge in [-0.3, -0.25) is 19.4 Å². The summed E-state index contributed by atoms with van der Waals surface area (Å²) in [7, 11) is -3.94. The molecule has 1 aliphatic heterocycles. The van der Waals surface area contributed by atoms with Crippen molar-refractivity contribution in [3.63, 3.8) is 0 Å². The molecule has 0 aliphatic carbocycles. The Morgan fingerprint density at radius 2 is 1.89 bits per heavy atom. The van der Waals surface area contributed by atoms with Crippen LogP contribution in [0, 0.1) is 5.92 Å². The number of aromatic nitrogens is 2. The molecule has 0 bridgehead atoms. The van der Waals surface area contributed by atoms with Crippen LogP contribution in [0.1, 0.15) is 43.5 Å². The Bertz CT molecular complexity index is 1430. The molecule has 1 fully saturated rings. The fraction of sp³-hybridized carbons (Fsp3) is 0.370. The number of para-hydroxylation sites is 1. The van der Waals surface area contributed by atoms with Crippen molar-refractivity contribution in [2.75, 3.05) is 13.1 Å². The van der Waals surface area contributed by atoms with E-state index in [4.69, 9.17) is 0 Å². The van der Waals surface area contributed by atoms with Crippen LogP contribution in [-0.2, 0) is 19.6 Å². The molecule has 38 heavy (non-hydrogen) atoms. The van der Waals surface area contributed by atoms with E-state index in [1.54, 1.807) is 18.2 Å². The summed E-state index contributed by atoms with van der Waals surface area (Å²) in [5.41, 5.74) is 1.08. The number of carbonyl (C=O) groups is 3. The average Bonchev–Trinajstić information content (AvgIpc) is 3.12. The Morgan fingerprint density at radius 1 is 1.13 bits per heavy atom. The highest BCUT2D eigenvalue weighted by atomic mass is 32.2. The van der Waals surface area contributed by atoms with Gasteiger partial charge in [0.25, 0.3) is 15.9 Å². The number of ketones is 1. The maximum atomic E-state index is 13.3. The molecule has 0 saturated carbocycles. The predicted molar refractivity (Wildman–Crippen MR) is 142 cm³/mol. The summed E-state index contributed by atoms with van der Waals surface area (Å²) >= 11 is 0. The molecule has 200 valence electrons. The van der Waals surface area contributed by atoms with Crippen molar-refractivity contribution in [1.82, 2.24) is 24.9 Å². The first kappa shape index (κ1) is 27.3. The lowest BCUT2D eigenvalue weighted by molar-refractivity contribution is -0.129. The van der Waals surface area contributed by atoms with Crippen LogP contribution in [0.2, 0.25) is 0 Å². The summed E-state index contributed by atoms with van der Waals surface area (Å²) in [5.74, 6) is -1.55. The Balaban J connectivity index is 1.45. The van der Waals surface area contributed by atoms with Gasteiger partial charge in [-0.25, -0.2) is 13.4 Å². The summed E-state index contributed by atoms with van der Waals surface area (Å²) in [6, 6.07) is 11.9. The second kappa shape index (κ2) is 11.8. The molecule has 1 saturated heterocycles. The van der Waals surface area contributed by atoms with Crippen molar-refractivity contribution in [2.45, 2.75) is 50.2 Å². The lowest BCUT2D eigenvalue weighted by Gasteiger charge is -2.26. The number of benzene rings is 1. The number of pyridine rings is 2. The van der Waals surface area contributed by atoms with Gasteiger partial charge in [-0.2, -0.15) is 4.31 Å². The smallest absolute Gasteiger partial charge is 0.260 e. The summed E-state index contributed by atoms with van der Waals surface area (Å²) in [6.07, 6.45) is 4.13. The molecule has 11 heteroatoms. The largest absolute Gasteiger partial charge is 0.344 e. The van der Waals surface area contributed by atoms with Gasteiger partial charge in [-0.05, 0) is 43.0 Å². The van der Waals surface area contributed by atoms with Crippen molar-refractivity contribution < 1.29 is 22.8 Å². The molecular weight excluding hydrogens is 506 g/mol. The fourth-order valence-electron chi connectivity index (χ4n) is 4.37. The molecule has 2 N–H and O–H groups in total. The minimum Gasteiger partial charge on any atom is -0.344 e. The molecule has 2 amide bonds. The molecule has 1 aliphatic rings. The van der Waals surface area contributed by atoms with Crippen LogP contribution in [0.25, 0.3) is 10.9 Å². The lowest BCUT2D eigenvalue weighted by atomic mass is 9.97. The van der Waals surface area contributed by atoms with Crippen molar-refractivity contribution in [3.05, 3.63) is 66.5 Å². The summed E-state index contributed by atoms with van der Waals surface area (Å²) < 4.78 is 27.0. The molecule has 4 rings (SSSR count). The standard InChI is InChI=1S/C27H31N5O5S/c1-3-18(2)25(31-26(34)20-15-19-9-4-5-10-21(19)29-16-20)27(35)30-22-11-8-14-32(17-23(22)33)38(36,37)24-12-6-7-13-28-24/h4-7,9-10,12-13,15-16,18,22,25H,3,8,11,14,17H2,1-2H3,(H,30,35)(H,31,34)/t18-,22?,25+/m1/s1. The van der Waals surface area contributed by atoms with E-state index >= 15 is 0 Å². The van der Waals surface area contributed by atoms with Crippen LogP contribution >= 0.6 is 0 Å². The third-order valence-electron chi connectivity index (χ3n) is 6.81. The molecule has 10 nitrogen and oxygen atoms in total. The Kier molecular flexibility index (Phi) is 8.48. The minimum absolute atomic E-state index is 0.127. The first-order valence-corrected chi connectivity index (χ1v) is 14.0. The monoisotopic (exact) mass is 537 g/mol. The zero-order valence-electron chi connectivity index (χ0n) is 21.3. The third-order valence-corrected chi connectivity index (χ3v) is 8.58. The molecule has 3 aromatic rings. The number of sulfonamides is 1. The quantitative estimate of drug-likeness (QED) is 0.450. The summed E-state index contributed by atoms with van der Waals surface area (Å²) in [6.45, 7) is 3.52. The zero-order valence-corrected chi connectivity index (χ0v) is 22.1. The van der Waals surface area contributed by atoms with E-state index in [0.717, 1.165) is 15.2 Å². The molecule has 1 unspecified atom stereocenters. The maximum Gasteiger partial charge on any atom is 0.260 e. The van der Waals surface area contributed by atoms with Crippen LogP contribution in [0.15, 0.2) is 66.0 Å². The summed E-state index contributed by atoms with van der Waals surface area (Å²) in [5, 5.41) is 6.25. The van der Waals surface area contributed by atoms with Gasteiger partial charge in [0.2, 0.25) is 5.91 Å². The second-order valence-electron chi connectivity index (χ2n) is 9.43. The van der Waals surface area contributed by atoms with E-state index in [9.17, 15) is 22.8 Å². The summed E-state index contributed by atoms with van der Waals surface area (Å²) in [4.78, 5) is 47.6. The average molecular weight is 538 g/mol. The third kappa shape index (κ3) is 6.05. The Labute approximate surface area is 221 Å². The number of carbonyl (C=O) groups excluding carboxylic acids is 3. The van der Waals surface area contributed by atoms with Crippen LogP contribution in [0.3, 0.4) is 0 Å². The number of hydrogen-bond donors (Lipinski definition) is 2. The molecular formula is C27H31N5O5S. The minimum atomic E-state index is -3.94. The van der Waals surface area contributed by atoms with E-state index in [1.165, 1.54) is 18.5 Å². The van der Waals surface area contributed by atoms with Crippen molar-refractivity contribution in [3.8, 4) is 0 Å². The predicted octanol–water partition coefficient (Wildman–Crippen LogP) is 2.31. The number of nitrogens with zero attached hydrogens (tertiary/aromatic N) is 3. The molecule has 0 spiro atoms. The van der Waals surface area contributed by atoms with Crippen LogP contribution in [0.4, 0.5) is 0 Å². The van der Waals surface area contributed by atoms with E-state index < -0.39 is 39.7 Å². The van der Waals surface area contributed by atoms with Gasteiger partial charge >= 0.3 is 0 Å². The zero-order chi connectivity index (χ0) is 27.3. The highest BCUT2D eigenvalue weighted by molar-refractivity contribution is 7.89. The Morgan fingerprint density at radius 3 is 2.63 bits per heavy atom. The van der Waals surface area contributed by atoms with E-state index in [1.807, 2.05) is 38.1 Å². The fourth-order valence-corrected chi connectivity index (χ4v) is 5.74. The van der Waals surface area contributed by atoms with Gasteiger partial charge < -0.3 is 10.6 Å². The van der Waals surface area contributed by atoms with Crippen molar-refractivity contribution in [2.24, 2.45) is 5.92 Å². The molecule has 0 radical (unpaired) electrons. The molecule has 3 heterocycles. The number of amides is 2. The Hall–Kier alpha value is -3.70. The molecule has 1 aromatic carbocycles. The van der Waals surface area contributed by atoms with Gasteiger partial charge in [-0.15, -0.1) is 0 Å². The van der Waals surface area contributed by atoms with Crippen LogP contribution in [-0.4, -0.2) is 65.5 Å². The topological polar surface area (TPSA) is 138 Å². The highest BCUT2D eigenvalue weighted by Crippen LogP contribution is 2.19.